The highest BCUT2D eigenvalue weighted by Gasteiger charge is 2.25. The summed E-state index contributed by atoms with van der Waals surface area (Å²) in [5, 5.41) is 6.77. The van der Waals surface area contributed by atoms with E-state index in [0.29, 0.717) is 16.5 Å². The van der Waals surface area contributed by atoms with Crippen molar-refractivity contribution in [1.82, 2.24) is 5.43 Å². The molecule has 2 amide bonds. The number of halogens is 1. The average molecular weight is 368 g/mol. The Bertz CT molecular complexity index is 748. The summed E-state index contributed by atoms with van der Waals surface area (Å²) >= 11 is 6.02. The summed E-state index contributed by atoms with van der Waals surface area (Å²) in [5.74, 6) is -1.16. The van der Waals surface area contributed by atoms with Gasteiger partial charge in [-0.2, -0.15) is 5.10 Å². The van der Waals surface area contributed by atoms with Gasteiger partial charge < -0.3 is 14.8 Å². The number of benzene rings is 1. The minimum Gasteiger partial charge on any atom is -0.495 e. The molecule has 9 heteroatoms. The van der Waals surface area contributed by atoms with Gasteiger partial charge in [0, 0.05) is 23.9 Å². The molecule has 25 heavy (non-hydrogen) atoms. The summed E-state index contributed by atoms with van der Waals surface area (Å²) in [5.41, 5.74) is 3.44. The fraction of sp³-hybridized carbons (Fsp3) is 0.375. The zero-order valence-corrected chi connectivity index (χ0v) is 14.8. The van der Waals surface area contributed by atoms with Crippen LogP contribution in [-0.4, -0.2) is 36.7 Å². The Morgan fingerprint density at radius 2 is 2.08 bits per heavy atom. The first-order chi connectivity index (χ1) is 11.8. The average Bonchev–Trinajstić information content (AvgIpc) is 2.58. The molecule has 1 aromatic carbocycles. The highest BCUT2D eigenvalue weighted by molar-refractivity contribution is 6.37. The standard InChI is InChI=1S/C16H18ClN3O5/c1-8-6-12(13(24-3)7-10(8)17)18-15(22)9(2)25-16(23)11-4-5-14(21)20-19-11/h6-7,9H,4-5H2,1-3H3,(H,18,22)(H,20,21)/t9-/m1/s1. The Morgan fingerprint density at radius 3 is 2.68 bits per heavy atom. The van der Waals surface area contributed by atoms with Crippen molar-refractivity contribution in [3.8, 4) is 5.75 Å². The number of aryl methyl sites for hydroxylation is 1. The molecule has 0 aliphatic carbocycles. The molecule has 0 unspecified atom stereocenters. The lowest BCUT2D eigenvalue weighted by Gasteiger charge is -2.17. The van der Waals surface area contributed by atoms with Gasteiger partial charge in [-0.3, -0.25) is 9.59 Å². The van der Waals surface area contributed by atoms with E-state index >= 15 is 0 Å². The fourth-order valence-electron chi connectivity index (χ4n) is 2.07. The van der Waals surface area contributed by atoms with Gasteiger partial charge in [0.05, 0.1) is 12.8 Å². The SMILES string of the molecule is COc1cc(Cl)c(C)cc1NC(=O)[C@@H](C)OC(=O)C1=NNC(=O)CC1. The molecule has 0 bridgehead atoms. The van der Waals surface area contributed by atoms with E-state index in [2.05, 4.69) is 15.8 Å². The van der Waals surface area contributed by atoms with Gasteiger partial charge >= 0.3 is 5.97 Å². The molecular weight excluding hydrogens is 350 g/mol. The summed E-state index contributed by atoms with van der Waals surface area (Å²) in [6.45, 7) is 3.22. The molecule has 0 aromatic heterocycles. The van der Waals surface area contributed by atoms with Gasteiger partial charge in [-0.25, -0.2) is 10.2 Å². The maximum absolute atomic E-state index is 12.3. The number of hydrogen-bond acceptors (Lipinski definition) is 6. The highest BCUT2D eigenvalue weighted by Crippen LogP contribution is 2.31. The Morgan fingerprint density at radius 1 is 1.36 bits per heavy atom. The number of esters is 1. The predicted octanol–water partition coefficient (Wildman–Crippen LogP) is 1.79. The van der Waals surface area contributed by atoms with E-state index in [0.717, 1.165) is 5.56 Å². The van der Waals surface area contributed by atoms with Crippen LogP contribution in [0.4, 0.5) is 5.69 Å². The fourth-order valence-corrected chi connectivity index (χ4v) is 2.22. The van der Waals surface area contributed by atoms with E-state index < -0.39 is 18.0 Å². The van der Waals surface area contributed by atoms with Crippen molar-refractivity contribution in [3.63, 3.8) is 0 Å². The van der Waals surface area contributed by atoms with Gasteiger partial charge in [0.25, 0.3) is 5.91 Å². The monoisotopic (exact) mass is 367 g/mol. The molecule has 1 aromatic rings. The summed E-state index contributed by atoms with van der Waals surface area (Å²) in [6, 6.07) is 3.25. The van der Waals surface area contributed by atoms with Crippen molar-refractivity contribution in [2.75, 3.05) is 12.4 Å². The van der Waals surface area contributed by atoms with Crippen LogP contribution in [0.3, 0.4) is 0 Å². The van der Waals surface area contributed by atoms with Gasteiger partial charge in [-0.1, -0.05) is 11.6 Å². The van der Waals surface area contributed by atoms with E-state index in [-0.39, 0.29) is 24.5 Å². The third-order valence-electron chi connectivity index (χ3n) is 3.53. The van der Waals surface area contributed by atoms with Crippen LogP contribution in [0.5, 0.6) is 5.75 Å². The lowest BCUT2D eigenvalue weighted by Crippen LogP contribution is -2.35. The second-order valence-corrected chi connectivity index (χ2v) is 5.84. The van der Waals surface area contributed by atoms with E-state index in [1.54, 1.807) is 19.1 Å². The molecule has 1 heterocycles. The zero-order valence-electron chi connectivity index (χ0n) is 14.0. The topological polar surface area (TPSA) is 106 Å². The summed E-state index contributed by atoms with van der Waals surface area (Å²) in [7, 11) is 1.45. The van der Waals surface area contributed by atoms with E-state index in [4.69, 9.17) is 21.1 Å². The van der Waals surface area contributed by atoms with Crippen LogP contribution in [0, 0.1) is 6.92 Å². The van der Waals surface area contributed by atoms with Crippen molar-refractivity contribution >= 4 is 40.8 Å². The van der Waals surface area contributed by atoms with Crippen LogP contribution in [-0.2, 0) is 19.1 Å². The first-order valence-corrected chi connectivity index (χ1v) is 7.91. The maximum Gasteiger partial charge on any atom is 0.355 e. The van der Waals surface area contributed by atoms with Gasteiger partial charge in [0.1, 0.15) is 11.5 Å². The minimum absolute atomic E-state index is 0.0687. The van der Waals surface area contributed by atoms with Crippen LogP contribution >= 0.6 is 11.6 Å². The predicted molar refractivity (Wildman–Crippen MR) is 91.7 cm³/mol. The number of hydrogen-bond donors (Lipinski definition) is 2. The Kier molecular flexibility index (Phi) is 5.97. The number of carbonyl (C=O) groups is 3. The van der Waals surface area contributed by atoms with Crippen LogP contribution < -0.4 is 15.5 Å². The molecular formula is C16H18ClN3O5. The molecule has 8 nitrogen and oxygen atoms in total. The number of anilines is 1. The summed E-state index contributed by atoms with van der Waals surface area (Å²) in [6.07, 6.45) is -0.743. The second-order valence-electron chi connectivity index (χ2n) is 5.43. The number of nitrogens with one attached hydrogen (secondary N) is 2. The van der Waals surface area contributed by atoms with Crippen LogP contribution in [0.2, 0.25) is 5.02 Å². The molecule has 0 fully saturated rings. The van der Waals surface area contributed by atoms with Crippen molar-refractivity contribution in [1.29, 1.82) is 0 Å². The first-order valence-electron chi connectivity index (χ1n) is 7.53. The van der Waals surface area contributed by atoms with E-state index in [1.807, 2.05) is 0 Å². The summed E-state index contributed by atoms with van der Waals surface area (Å²) < 4.78 is 10.3. The quantitative estimate of drug-likeness (QED) is 0.772. The Balaban J connectivity index is 2.02. The zero-order chi connectivity index (χ0) is 18.6. The lowest BCUT2D eigenvalue weighted by atomic mass is 10.2. The smallest absolute Gasteiger partial charge is 0.355 e. The largest absolute Gasteiger partial charge is 0.495 e. The molecule has 0 saturated carbocycles. The van der Waals surface area contributed by atoms with Crippen LogP contribution in [0.15, 0.2) is 17.2 Å². The Labute approximate surface area is 149 Å². The third kappa shape index (κ3) is 4.69. The maximum atomic E-state index is 12.3. The van der Waals surface area contributed by atoms with Crippen molar-refractivity contribution in [2.24, 2.45) is 5.10 Å². The number of methoxy groups -OCH3 is 1. The molecule has 1 aliphatic heterocycles. The van der Waals surface area contributed by atoms with Crippen molar-refractivity contribution in [2.45, 2.75) is 32.8 Å². The molecule has 0 spiro atoms. The van der Waals surface area contributed by atoms with Crippen molar-refractivity contribution < 1.29 is 23.9 Å². The van der Waals surface area contributed by atoms with Gasteiger partial charge in [0.15, 0.2) is 6.10 Å². The normalized spacial score (nSPS) is 14.9. The molecule has 1 atom stereocenters. The molecule has 0 saturated heterocycles. The number of ether oxygens (including phenoxy) is 2. The van der Waals surface area contributed by atoms with E-state index in [1.165, 1.54) is 14.0 Å². The van der Waals surface area contributed by atoms with Crippen LogP contribution in [0.25, 0.3) is 0 Å². The molecule has 1 aliphatic rings. The molecule has 134 valence electrons. The molecule has 2 rings (SSSR count). The first kappa shape index (κ1) is 18.7. The number of rotatable bonds is 5. The second kappa shape index (κ2) is 7.98. The van der Waals surface area contributed by atoms with E-state index in [9.17, 15) is 14.4 Å². The Hall–Kier alpha value is -2.61. The van der Waals surface area contributed by atoms with Gasteiger partial charge in [-0.05, 0) is 25.5 Å². The lowest BCUT2D eigenvalue weighted by molar-refractivity contribution is -0.146. The van der Waals surface area contributed by atoms with Gasteiger partial charge in [-0.15, -0.1) is 0 Å². The number of nitrogens with zero attached hydrogens (tertiary/aromatic N) is 1. The number of amides is 2. The van der Waals surface area contributed by atoms with Gasteiger partial charge in [0.2, 0.25) is 5.91 Å². The molecule has 2 N–H and O–H groups in total. The number of hydrazone groups is 1. The number of carbonyl (C=O) groups excluding carboxylic acids is 3. The third-order valence-corrected chi connectivity index (χ3v) is 3.94. The summed E-state index contributed by atoms with van der Waals surface area (Å²) in [4.78, 5) is 35.2. The van der Waals surface area contributed by atoms with Crippen LogP contribution in [0.1, 0.15) is 25.3 Å². The molecule has 0 radical (unpaired) electrons. The van der Waals surface area contributed by atoms with Crippen molar-refractivity contribution in [3.05, 3.63) is 22.7 Å². The highest BCUT2D eigenvalue weighted by atomic mass is 35.5. The minimum atomic E-state index is -1.06.